The third-order valence-electron chi connectivity index (χ3n) is 0.946. The summed E-state index contributed by atoms with van der Waals surface area (Å²) in [4.78, 5) is 10.4. The molecule has 0 aromatic carbocycles. The van der Waals surface area contributed by atoms with Crippen LogP contribution in [-0.2, 0) is 23.8 Å². The lowest BCUT2D eigenvalue weighted by Gasteiger charge is -2.01. The van der Waals surface area contributed by atoms with E-state index in [9.17, 15) is 13.2 Å². The van der Waals surface area contributed by atoms with E-state index < -0.39 is 16.1 Å². The van der Waals surface area contributed by atoms with E-state index in [-0.39, 0.29) is 13.2 Å². The normalized spacial score (nSPS) is 10.5. The zero-order valence-electron chi connectivity index (χ0n) is 6.93. The van der Waals surface area contributed by atoms with Gasteiger partial charge in [-0.1, -0.05) is 13.2 Å². The molecule has 0 radical (unpaired) electrons. The minimum atomic E-state index is -3.68. The van der Waals surface area contributed by atoms with Gasteiger partial charge in [-0.3, -0.25) is 4.18 Å². The first kappa shape index (κ1) is 11.9. The van der Waals surface area contributed by atoms with Gasteiger partial charge in [0, 0.05) is 6.08 Å². The summed E-state index contributed by atoms with van der Waals surface area (Å²) in [5, 5.41) is 0.669. The van der Waals surface area contributed by atoms with Crippen LogP contribution in [0.1, 0.15) is 0 Å². The van der Waals surface area contributed by atoms with E-state index in [1.807, 2.05) is 0 Å². The minimum absolute atomic E-state index is 0.141. The summed E-state index contributed by atoms with van der Waals surface area (Å²) < 4.78 is 30.0. The fourth-order valence-electron chi connectivity index (χ4n) is 0.399. The molecule has 6 heteroatoms. The summed E-state index contributed by atoms with van der Waals surface area (Å²) in [5.74, 6) is -0.625. The number of hydrogen-bond donors (Lipinski definition) is 0. The molecule has 0 bridgehead atoms. The highest BCUT2D eigenvalue weighted by Crippen LogP contribution is 1.93. The third-order valence-corrected chi connectivity index (χ3v) is 1.85. The Morgan fingerprint density at radius 3 is 2.38 bits per heavy atom. The van der Waals surface area contributed by atoms with Crippen LogP contribution in [-0.4, -0.2) is 27.6 Å². The Hall–Kier alpha value is -1.14. The number of hydrogen-bond acceptors (Lipinski definition) is 5. The van der Waals surface area contributed by atoms with Crippen molar-refractivity contribution in [1.82, 2.24) is 0 Å². The molecule has 0 aromatic heterocycles. The van der Waals surface area contributed by atoms with Crippen molar-refractivity contribution in [2.75, 3.05) is 13.2 Å². The van der Waals surface area contributed by atoms with Crippen LogP contribution in [0.3, 0.4) is 0 Å². The second kappa shape index (κ2) is 5.50. The van der Waals surface area contributed by atoms with Crippen LogP contribution >= 0.6 is 0 Å². The Bertz CT molecular complexity index is 290. The second-order valence-electron chi connectivity index (χ2n) is 1.85. The second-order valence-corrected chi connectivity index (χ2v) is 3.41. The van der Waals surface area contributed by atoms with Gasteiger partial charge in [0.05, 0.1) is 5.41 Å². The van der Waals surface area contributed by atoms with Crippen LogP contribution in [0, 0.1) is 0 Å². The molecule has 0 aliphatic heterocycles. The van der Waals surface area contributed by atoms with Crippen LogP contribution in [0.4, 0.5) is 0 Å². The van der Waals surface area contributed by atoms with Gasteiger partial charge in [0.2, 0.25) is 0 Å². The number of ether oxygens (including phenoxy) is 1. The van der Waals surface area contributed by atoms with Crippen LogP contribution in [0.25, 0.3) is 0 Å². The standard InChI is InChI=1S/C7H10O5S/c1-3-7(8)11-5-6-12-13(9,10)4-2/h3-4H,1-2,5-6H2. The summed E-state index contributed by atoms with van der Waals surface area (Å²) in [6, 6.07) is 0. The molecule has 0 unspecified atom stereocenters. The molecule has 5 nitrogen and oxygen atoms in total. The maximum atomic E-state index is 10.6. The Morgan fingerprint density at radius 2 is 1.92 bits per heavy atom. The largest absolute Gasteiger partial charge is 0.460 e. The van der Waals surface area contributed by atoms with Gasteiger partial charge < -0.3 is 4.74 Å². The SMILES string of the molecule is C=CC(=O)OCCOS(=O)(=O)C=C. The van der Waals surface area contributed by atoms with E-state index in [2.05, 4.69) is 22.1 Å². The van der Waals surface area contributed by atoms with Gasteiger partial charge in [-0.25, -0.2) is 4.79 Å². The van der Waals surface area contributed by atoms with Crippen molar-refractivity contribution in [3.05, 3.63) is 24.6 Å². The van der Waals surface area contributed by atoms with Crippen molar-refractivity contribution in [3.63, 3.8) is 0 Å². The molecule has 0 aliphatic rings. The van der Waals surface area contributed by atoms with E-state index >= 15 is 0 Å². The van der Waals surface area contributed by atoms with Crippen molar-refractivity contribution in [1.29, 1.82) is 0 Å². The molecule has 0 aromatic rings. The number of carbonyl (C=O) groups is 1. The zero-order chi connectivity index (χ0) is 10.3. The van der Waals surface area contributed by atoms with E-state index in [1.54, 1.807) is 0 Å². The van der Waals surface area contributed by atoms with Crippen LogP contribution in [0.5, 0.6) is 0 Å². The van der Waals surface area contributed by atoms with Gasteiger partial charge in [0.15, 0.2) is 0 Å². The summed E-state index contributed by atoms with van der Waals surface area (Å²) in [7, 11) is -3.68. The molecule has 0 rings (SSSR count). The number of esters is 1. The monoisotopic (exact) mass is 206 g/mol. The molecule has 0 saturated carbocycles. The first-order valence-corrected chi connectivity index (χ1v) is 4.80. The average Bonchev–Trinajstić information content (AvgIpc) is 2.12. The highest BCUT2D eigenvalue weighted by Gasteiger charge is 2.04. The molecule has 0 saturated heterocycles. The fraction of sp³-hybridized carbons (Fsp3) is 0.286. The van der Waals surface area contributed by atoms with E-state index in [0.29, 0.717) is 5.41 Å². The molecule has 0 amide bonds. The summed E-state index contributed by atoms with van der Waals surface area (Å²) >= 11 is 0. The van der Waals surface area contributed by atoms with Crippen LogP contribution < -0.4 is 0 Å². The molecule has 74 valence electrons. The molecule has 0 fully saturated rings. The summed E-state index contributed by atoms with van der Waals surface area (Å²) in [6.07, 6.45) is 0.974. The van der Waals surface area contributed by atoms with E-state index in [1.165, 1.54) is 0 Å². The topological polar surface area (TPSA) is 69.7 Å². The molecule has 0 N–H and O–H groups in total. The Balaban J connectivity index is 3.64. The average molecular weight is 206 g/mol. The maximum Gasteiger partial charge on any atom is 0.330 e. The van der Waals surface area contributed by atoms with Crippen LogP contribution in [0.2, 0.25) is 0 Å². The predicted molar refractivity (Wildman–Crippen MR) is 46.2 cm³/mol. The number of carbonyl (C=O) groups excluding carboxylic acids is 1. The predicted octanol–water partition coefficient (Wildman–Crippen LogP) is 0.206. The molecule has 0 heterocycles. The molecule has 13 heavy (non-hydrogen) atoms. The van der Waals surface area contributed by atoms with Gasteiger partial charge in [0.25, 0.3) is 10.1 Å². The van der Waals surface area contributed by atoms with Crippen molar-refractivity contribution < 1.29 is 22.1 Å². The van der Waals surface area contributed by atoms with Gasteiger partial charge in [-0.2, -0.15) is 8.42 Å². The highest BCUT2D eigenvalue weighted by molar-refractivity contribution is 7.89. The molecule has 0 atom stereocenters. The summed E-state index contributed by atoms with van der Waals surface area (Å²) in [6.45, 7) is 5.81. The molecular weight excluding hydrogens is 196 g/mol. The third kappa shape index (κ3) is 6.06. The van der Waals surface area contributed by atoms with Crippen molar-refractivity contribution in [3.8, 4) is 0 Å². The van der Waals surface area contributed by atoms with Gasteiger partial charge in [-0.15, -0.1) is 0 Å². The fourth-order valence-corrected chi connectivity index (χ4v) is 0.796. The van der Waals surface area contributed by atoms with E-state index in [0.717, 1.165) is 6.08 Å². The zero-order valence-corrected chi connectivity index (χ0v) is 7.75. The maximum absolute atomic E-state index is 10.6. The van der Waals surface area contributed by atoms with Crippen molar-refractivity contribution in [2.24, 2.45) is 0 Å². The van der Waals surface area contributed by atoms with E-state index in [4.69, 9.17) is 0 Å². The van der Waals surface area contributed by atoms with Crippen molar-refractivity contribution >= 4 is 16.1 Å². The summed E-state index contributed by atoms with van der Waals surface area (Å²) in [5.41, 5.74) is 0. The van der Waals surface area contributed by atoms with Crippen molar-refractivity contribution in [2.45, 2.75) is 0 Å². The lowest BCUT2D eigenvalue weighted by molar-refractivity contribution is -0.138. The lowest BCUT2D eigenvalue weighted by atomic mass is 10.6. The van der Waals surface area contributed by atoms with Gasteiger partial charge in [0.1, 0.15) is 13.2 Å². The smallest absolute Gasteiger partial charge is 0.330 e. The first-order chi connectivity index (χ1) is 6.02. The van der Waals surface area contributed by atoms with Gasteiger partial charge >= 0.3 is 5.97 Å². The molecule has 0 spiro atoms. The first-order valence-electron chi connectivity index (χ1n) is 3.33. The minimum Gasteiger partial charge on any atom is -0.460 e. The quantitative estimate of drug-likeness (QED) is 0.269. The Morgan fingerprint density at radius 1 is 1.31 bits per heavy atom. The molecule has 0 aliphatic carbocycles. The van der Waals surface area contributed by atoms with Gasteiger partial charge in [-0.05, 0) is 0 Å². The molecular formula is C7H10O5S. The Labute approximate surface area is 76.8 Å². The highest BCUT2D eigenvalue weighted by atomic mass is 32.2. The lowest BCUT2D eigenvalue weighted by Crippen LogP contribution is -2.11. The number of rotatable bonds is 6. The van der Waals surface area contributed by atoms with Crippen LogP contribution in [0.15, 0.2) is 24.6 Å². The Kier molecular flexibility index (Phi) is 5.01.